The third-order valence-corrected chi connectivity index (χ3v) is 2.61. The topological polar surface area (TPSA) is 20.2 Å². The molecule has 0 amide bonds. The molecule has 0 bridgehead atoms. The first-order valence-electron chi connectivity index (χ1n) is 4.86. The lowest BCUT2D eigenvalue weighted by Crippen LogP contribution is -2.22. The van der Waals surface area contributed by atoms with Crippen LogP contribution in [0.3, 0.4) is 0 Å². The van der Waals surface area contributed by atoms with Crippen LogP contribution in [0.1, 0.15) is 25.3 Å². The van der Waals surface area contributed by atoms with Crippen LogP contribution >= 0.6 is 0 Å². The van der Waals surface area contributed by atoms with Gasteiger partial charge in [0.1, 0.15) is 0 Å². The molecule has 1 aromatic rings. The molecular formula is C13H16O. The van der Waals surface area contributed by atoms with E-state index in [4.69, 9.17) is 6.42 Å². The molecule has 1 rings (SSSR count). The van der Waals surface area contributed by atoms with E-state index in [0.717, 1.165) is 5.56 Å². The number of terminal acetylenes is 1. The van der Waals surface area contributed by atoms with E-state index in [1.165, 1.54) is 0 Å². The highest BCUT2D eigenvalue weighted by Crippen LogP contribution is 2.23. The van der Waals surface area contributed by atoms with E-state index >= 15 is 0 Å². The maximum atomic E-state index is 9.90. The maximum absolute atomic E-state index is 9.90. The number of aliphatic hydroxyl groups excluding tert-OH is 1. The second kappa shape index (κ2) is 4.83. The molecule has 0 aromatic heterocycles. The Hall–Kier alpha value is -1.26. The second-order valence-corrected chi connectivity index (χ2v) is 3.65. The van der Waals surface area contributed by atoms with Crippen LogP contribution in [0.15, 0.2) is 30.3 Å². The van der Waals surface area contributed by atoms with Crippen LogP contribution in [0.2, 0.25) is 0 Å². The molecule has 0 aliphatic rings. The van der Waals surface area contributed by atoms with Gasteiger partial charge in [-0.3, -0.25) is 0 Å². The molecular weight excluding hydrogens is 172 g/mol. The molecule has 3 unspecified atom stereocenters. The molecule has 0 fully saturated rings. The molecule has 0 saturated heterocycles. The summed E-state index contributed by atoms with van der Waals surface area (Å²) in [5, 5.41) is 9.90. The van der Waals surface area contributed by atoms with Crippen molar-refractivity contribution in [1.82, 2.24) is 0 Å². The molecule has 1 N–H and O–H groups in total. The fraction of sp³-hybridized carbons (Fsp3) is 0.385. The zero-order valence-corrected chi connectivity index (χ0v) is 8.64. The van der Waals surface area contributed by atoms with Crippen molar-refractivity contribution in [2.45, 2.75) is 25.9 Å². The second-order valence-electron chi connectivity index (χ2n) is 3.65. The van der Waals surface area contributed by atoms with Crippen molar-refractivity contribution in [1.29, 1.82) is 0 Å². The summed E-state index contributed by atoms with van der Waals surface area (Å²) >= 11 is 0. The summed E-state index contributed by atoms with van der Waals surface area (Å²) in [5.41, 5.74) is 1.13. The van der Waals surface area contributed by atoms with E-state index < -0.39 is 6.10 Å². The van der Waals surface area contributed by atoms with E-state index in [0.29, 0.717) is 0 Å². The molecule has 0 aliphatic carbocycles. The Morgan fingerprint density at radius 1 is 1.21 bits per heavy atom. The lowest BCUT2D eigenvalue weighted by atomic mass is 9.88. The van der Waals surface area contributed by atoms with Gasteiger partial charge in [0.15, 0.2) is 0 Å². The summed E-state index contributed by atoms with van der Waals surface area (Å²) < 4.78 is 0. The van der Waals surface area contributed by atoms with Crippen molar-refractivity contribution in [3.8, 4) is 12.3 Å². The van der Waals surface area contributed by atoms with Gasteiger partial charge in [-0.05, 0) is 12.5 Å². The fourth-order valence-electron chi connectivity index (χ4n) is 1.49. The number of aliphatic hydroxyl groups is 1. The van der Waals surface area contributed by atoms with Crippen LogP contribution in [0.25, 0.3) is 0 Å². The van der Waals surface area contributed by atoms with Crippen LogP contribution in [0.5, 0.6) is 0 Å². The number of hydrogen-bond acceptors (Lipinski definition) is 1. The molecule has 1 nitrogen and oxygen atoms in total. The first-order chi connectivity index (χ1) is 6.66. The molecule has 0 spiro atoms. The van der Waals surface area contributed by atoms with Gasteiger partial charge in [-0.25, -0.2) is 0 Å². The molecule has 0 saturated carbocycles. The summed E-state index contributed by atoms with van der Waals surface area (Å²) in [4.78, 5) is 0. The van der Waals surface area contributed by atoms with Gasteiger partial charge in [-0.15, -0.1) is 12.3 Å². The molecule has 74 valence electrons. The molecule has 14 heavy (non-hydrogen) atoms. The van der Waals surface area contributed by atoms with Gasteiger partial charge in [0.2, 0.25) is 0 Å². The number of rotatable bonds is 3. The van der Waals surface area contributed by atoms with Crippen molar-refractivity contribution in [3.63, 3.8) is 0 Å². The third-order valence-electron chi connectivity index (χ3n) is 2.61. The Kier molecular flexibility index (Phi) is 3.73. The smallest absolute Gasteiger partial charge is 0.0740 e. The zero-order chi connectivity index (χ0) is 10.6. The van der Waals surface area contributed by atoms with Crippen LogP contribution in [-0.4, -0.2) is 11.2 Å². The van der Waals surface area contributed by atoms with Gasteiger partial charge in [0.05, 0.1) is 6.10 Å². The Morgan fingerprint density at radius 3 is 2.29 bits per heavy atom. The molecule has 1 heteroatoms. The maximum Gasteiger partial charge on any atom is 0.0740 e. The Bertz CT molecular complexity index is 310. The summed E-state index contributed by atoms with van der Waals surface area (Å²) in [7, 11) is 0. The molecule has 3 atom stereocenters. The average molecular weight is 188 g/mol. The van der Waals surface area contributed by atoms with Gasteiger partial charge in [0, 0.05) is 11.8 Å². The predicted molar refractivity (Wildman–Crippen MR) is 58.9 cm³/mol. The summed E-state index contributed by atoms with van der Waals surface area (Å²) in [6.07, 6.45) is 4.81. The van der Waals surface area contributed by atoms with E-state index in [9.17, 15) is 5.11 Å². The molecule has 0 aliphatic heterocycles. The van der Waals surface area contributed by atoms with Crippen molar-refractivity contribution < 1.29 is 5.11 Å². The monoisotopic (exact) mass is 188 g/mol. The fourth-order valence-corrected chi connectivity index (χ4v) is 1.49. The van der Waals surface area contributed by atoms with E-state index in [1.807, 2.05) is 44.2 Å². The molecule has 0 heterocycles. The largest absolute Gasteiger partial charge is 0.391 e. The minimum absolute atomic E-state index is 0.0854. The van der Waals surface area contributed by atoms with E-state index in [1.54, 1.807) is 0 Å². The van der Waals surface area contributed by atoms with Gasteiger partial charge >= 0.3 is 0 Å². The van der Waals surface area contributed by atoms with Crippen LogP contribution < -0.4 is 0 Å². The van der Waals surface area contributed by atoms with Gasteiger partial charge in [0.25, 0.3) is 0 Å². The average Bonchev–Trinajstić information content (AvgIpc) is 2.27. The van der Waals surface area contributed by atoms with Crippen LogP contribution in [0, 0.1) is 18.3 Å². The van der Waals surface area contributed by atoms with Crippen molar-refractivity contribution in [3.05, 3.63) is 35.9 Å². The predicted octanol–water partition coefficient (Wildman–Crippen LogP) is 2.42. The number of hydrogen-bond donors (Lipinski definition) is 1. The minimum Gasteiger partial charge on any atom is -0.391 e. The zero-order valence-electron chi connectivity index (χ0n) is 8.64. The van der Waals surface area contributed by atoms with Gasteiger partial charge in [-0.1, -0.05) is 37.3 Å². The minimum atomic E-state index is -0.470. The van der Waals surface area contributed by atoms with E-state index in [-0.39, 0.29) is 11.8 Å². The van der Waals surface area contributed by atoms with Crippen molar-refractivity contribution in [2.24, 2.45) is 5.92 Å². The van der Waals surface area contributed by atoms with Crippen molar-refractivity contribution >= 4 is 0 Å². The lowest BCUT2D eigenvalue weighted by molar-refractivity contribution is 0.117. The summed E-state index contributed by atoms with van der Waals surface area (Å²) in [6.45, 7) is 3.86. The highest BCUT2D eigenvalue weighted by molar-refractivity contribution is 5.20. The van der Waals surface area contributed by atoms with E-state index in [2.05, 4.69) is 5.92 Å². The normalized spacial score (nSPS) is 16.7. The highest BCUT2D eigenvalue weighted by Gasteiger charge is 2.20. The molecule has 1 aromatic carbocycles. The Labute approximate surface area is 85.8 Å². The quantitative estimate of drug-likeness (QED) is 0.722. The third kappa shape index (κ3) is 2.37. The van der Waals surface area contributed by atoms with Crippen LogP contribution in [-0.2, 0) is 0 Å². The summed E-state index contributed by atoms with van der Waals surface area (Å²) in [6, 6.07) is 9.93. The number of benzene rings is 1. The SMILES string of the molecule is C#CC(C)C(O)C(C)c1ccccc1. The van der Waals surface area contributed by atoms with Gasteiger partial charge in [-0.2, -0.15) is 0 Å². The first-order valence-corrected chi connectivity index (χ1v) is 4.86. The Morgan fingerprint density at radius 2 is 1.79 bits per heavy atom. The Balaban J connectivity index is 2.76. The highest BCUT2D eigenvalue weighted by atomic mass is 16.3. The van der Waals surface area contributed by atoms with Crippen LogP contribution in [0.4, 0.5) is 0 Å². The standard InChI is InChI=1S/C13H16O/c1-4-10(2)13(14)11(3)12-8-6-5-7-9-12/h1,5-11,13-14H,2-3H3. The molecule has 0 radical (unpaired) electrons. The lowest BCUT2D eigenvalue weighted by Gasteiger charge is -2.21. The van der Waals surface area contributed by atoms with Crippen molar-refractivity contribution in [2.75, 3.05) is 0 Å². The van der Waals surface area contributed by atoms with Gasteiger partial charge < -0.3 is 5.11 Å². The summed E-state index contributed by atoms with van der Waals surface area (Å²) in [5.74, 6) is 2.54. The first kappa shape index (κ1) is 10.8.